The van der Waals surface area contributed by atoms with E-state index in [4.69, 9.17) is 0 Å². The first-order chi connectivity index (χ1) is 8.43. The second kappa shape index (κ2) is 6.24. The number of hydrogen-bond acceptors (Lipinski definition) is 3. The van der Waals surface area contributed by atoms with Crippen LogP contribution < -0.4 is 0 Å². The molecule has 4 nitrogen and oxygen atoms in total. The first-order valence-electron chi connectivity index (χ1n) is 6.04. The summed E-state index contributed by atoms with van der Waals surface area (Å²) in [4.78, 5) is 3.65. The molecule has 0 spiro atoms. The van der Waals surface area contributed by atoms with E-state index in [1.165, 1.54) is 16.6 Å². The van der Waals surface area contributed by atoms with Gasteiger partial charge in [0.25, 0.3) is 10.0 Å². The van der Waals surface area contributed by atoms with Gasteiger partial charge in [-0.25, -0.2) is 17.8 Å². The van der Waals surface area contributed by atoms with Gasteiger partial charge in [0, 0.05) is 19.3 Å². The summed E-state index contributed by atoms with van der Waals surface area (Å²) in [5.74, 6) is -0.577. The second-order valence-electron chi connectivity index (χ2n) is 4.26. The molecule has 6 heteroatoms. The maximum Gasteiger partial charge on any atom is 0.263 e. The standard InChI is InChI=1S/C12H19FN2O2S/c1-4-10(3)9-15(5-2)18(16,17)12-11(13)7-6-8-14-12/h6-8,10H,4-5,9H2,1-3H3. The zero-order chi connectivity index (χ0) is 13.8. The van der Waals surface area contributed by atoms with Gasteiger partial charge in [-0.3, -0.25) is 0 Å². The molecule has 0 radical (unpaired) electrons. The zero-order valence-corrected chi connectivity index (χ0v) is 11.7. The maximum atomic E-state index is 13.5. The Morgan fingerprint density at radius 1 is 1.44 bits per heavy atom. The van der Waals surface area contributed by atoms with E-state index in [1.807, 2.05) is 13.8 Å². The number of rotatable bonds is 6. The van der Waals surface area contributed by atoms with Gasteiger partial charge >= 0.3 is 0 Å². The van der Waals surface area contributed by atoms with Crippen molar-refractivity contribution in [1.82, 2.24) is 9.29 Å². The number of nitrogens with zero attached hydrogens (tertiary/aromatic N) is 2. The third-order valence-corrected chi connectivity index (χ3v) is 4.75. The lowest BCUT2D eigenvalue weighted by Gasteiger charge is -2.23. The molecular formula is C12H19FN2O2S. The summed E-state index contributed by atoms with van der Waals surface area (Å²) in [5.41, 5.74) is 0. The molecule has 1 atom stereocenters. The average molecular weight is 274 g/mol. The predicted octanol–water partition coefficient (Wildman–Crippen LogP) is 2.28. The molecule has 102 valence electrons. The largest absolute Gasteiger partial charge is 0.263 e. The van der Waals surface area contributed by atoms with Gasteiger partial charge in [0.1, 0.15) is 0 Å². The van der Waals surface area contributed by atoms with E-state index in [-0.39, 0.29) is 5.92 Å². The molecule has 1 rings (SSSR count). The van der Waals surface area contributed by atoms with Crippen LogP contribution in [0.2, 0.25) is 0 Å². The van der Waals surface area contributed by atoms with Crippen molar-refractivity contribution in [2.45, 2.75) is 32.2 Å². The molecule has 1 aromatic heterocycles. The summed E-state index contributed by atoms with van der Waals surface area (Å²) < 4.78 is 39.3. The fraction of sp³-hybridized carbons (Fsp3) is 0.583. The van der Waals surface area contributed by atoms with Crippen molar-refractivity contribution < 1.29 is 12.8 Å². The van der Waals surface area contributed by atoms with E-state index in [2.05, 4.69) is 4.98 Å². The zero-order valence-electron chi connectivity index (χ0n) is 10.9. The van der Waals surface area contributed by atoms with Gasteiger partial charge in [-0.15, -0.1) is 0 Å². The van der Waals surface area contributed by atoms with Crippen LogP contribution in [0.3, 0.4) is 0 Å². The summed E-state index contributed by atoms with van der Waals surface area (Å²) in [6.07, 6.45) is 2.16. The lowest BCUT2D eigenvalue weighted by molar-refractivity contribution is 0.358. The molecule has 0 saturated heterocycles. The summed E-state index contributed by atoms with van der Waals surface area (Å²) >= 11 is 0. The molecule has 0 fully saturated rings. The van der Waals surface area contributed by atoms with Gasteiger partial charge in [0.15, 0.2) is 5.82 Å². The smallest absolute Gasteiger partial charge is 0.241 e. The van der Waals surface area contributed by atoms with Crippen LogP contribution in [0.25, 0.3) is 0 Å². The molecule has 0 bridgehead atoms. The van der Waals surface area contributed by atoms with Crippen molar-refractivity contribution in [2.75, 3.05) is 13.1 Å². The van der Waals surface area contributed by atoms with Crippen LogP contribution in [0.4, 0.5) is 4.39 Å². The van der Waals surface area contributed by atoms with Crippen LogP contribution in [-0.2, 0) is 10.0 Å². The van der Waals surface area contributed by atoms with Crippen LogP contribution in [0.5, 0.6) is 0 Å². The Balaban J connectivity index is 3.08. The number of hydrogen-bond donors (Lipinski definition) is 0. The van der Waals surface area contributed by atoms with Crippen molar-refractivity contribution in [1.29, 1.82) is 0 Å². The molecule has 0 aliphatic rings. The Morgan fingerprint density at radius 3 is 2.61 bits per heavy atom. The number of aromatic nitrogens is 1. The molecule has 0 aliphatic heterocycles. The highest BCUT2D eigenvalue weighted by Gasteiger charge is 2.28. The van der Waals surface area contributed by atoms with Gasteiger partial charge in [0.2, 0.25) is 5.03 Å². The molecule has 18 heavy (non-hydrogen) atoms. The fourth-order valence-electron chi connectivity index (χ4n) is 1.56. The second-order valence-corrected chi connectivity index (χ2v) is 6.11. The Kier molecular flexibility index (Phi) is 5.22. The van der Waals surface area contributed by atoms with E-state index >= 15 is 0 Å². The van der Waals surface area contributed by atoms with Crippen molar-refractivity contribution in [3.63, 3.8) is 0 Å². The molecule has 0 aromatic carbocycles. The Bertz CT molecular complexity index is 491. The molecule has 1 heterocycles. The third kappa shape index (κ3) is 3.26. The van der Waals surface area contributed by atoms with Gasteiger partial charge in [-0.1, -0.05) is 27.2 Å². The average Bonchev–Trinajstić information content (AvgIpc) is 2.35. The topological polar surface area (TPSA) is 50.3 Å². The molecule has 0 amide bonds. The third-order valence-electron chi connectivity index (χ3n) is 2.87. The molecule has 0 aliphatic carbocycles. The van der Waals surface area contributed by atoms with Gasteiger partial charge in [0.05, 0.1) is 0 Å². The monoisotopic (exact) mass is 274 g/mol. The minimum atomic E-state index is -3.84. The summed E-state index contributed by atoms with van der Waals surface area (Å²) in [7, 11) is -3.84. The van der Waals surface area contributed by atoms with Crippen LogP contribution in [0.1, 0.15) is 27.2 Å². The highest BCUT2D eigenvalue weighted by atomic mass is 32.2. The lowest BCUT2D eigenvalue weighted by atomic mass is 10.1. The first-order valence-corrected chi connectivity index (χ1v) is 7.48. The number of halogens is 1. The lowest BCUT2D eigenvalue weighted by Crippen LogP contribution is -2.35. The summed E-state index contributed by atoms with van der Waals surface area (Å²) in [6, 6.07) is 2.48. The quantitative estimate of drug-likeness (QED) is 0.799. The molecule has 1 unspecified atom stereocenters. The van der Waals surface area contributed by atoms with E-state index < -0.39 is 20.9 Å². The van der Waals surface area contributed by atoms with Gasteiger partial charge in [-0.05, 0) is 18.1 Å². The molecule has 0 N–H and O–H groups in total. The predicted molar refractivity (Wildman–Crippen MR) is 68.1 cm³/mol. The van der Waals surface area contributed by atoms with Crippen molar-refractivity contribution >= 4 is 10.0 Å². The summed E-state index contributed by atoms with van der Waals surface area (Å²) in [5, 5.41) is -0.491. The van der Waals surface area contributed by atoms with Crippen LogP contribution in [0.15, 0.2) is 23.4 Å². The number of sulfonamides is 1. The maximum absolute atomic E-state index is 13.5. The van der Waals surface area contributed by atoms with E-state index in [0.29, 0.717) is 13.1 Å². The molecular weight excluding hydrogens is 255 g/mol. The van der Waals surface area contributed by atoms with Crippen molar-refractivity contribution in [2.24, 2.45) is 5.92 Å². The highest BCUT2D eigenvalue weighted by Crippen LogP contribution is 2.18. The Morgan fingerprint density at radius 2 is 2.11 bits per heavy atom. The van der Waals surface area contributed by atoms with E-state index in [1.54, 1.807) is 6.92 Å². The van der Waals surface area contributed by atoms with Crippen molar-refractivity contribution in [3.05, 3.63) is 24.1 Å². The Labute approximate surface area is 108 Å². The SMILES string of the molecule is CCC(C)CN(CC)S(=O)(=O)c1ncccc1F. The number of pyridine rings is 1. The van der Waals surface area contributed by atoms with Crippen LogP contribution in [0, 0.1) is 11.7 Å². The minimum absolute atomic E-state index is 0.228. The first kappa shape index (κ1) is 15.0. The Hall–Kier alpha value is -1.01. The minimum Gasteiger partial charge on any atom is -0.241 e. The van der Waals surface area contributed by atoms with Crippen LogP contribution in [-0.4, -0.2) is 30.8 Å². The molecule has 1 aromatic rings. The van der Waals surface area contributed by atoms with Crippen LogP contribution >= 0.6 is 0 Å². The van der Waals surface area contributed by atoms with Gasteiger partial charge < -0.3 is 0 Å². The normalized spacial score (nSPS) is 13.8. The fourth-order valence-corrected chi connectivity index (χ4v) is 3.10. The van der Waals surface area contributed by atoms with E-state index in [0.717, 1.165) is 12.5 Å². The van der Waals surface area contributed by atoms with Crippen molar-refractivity contribution in [3.8, 4) is 0 Å². The highest BCUT2D eigenvalue weighted by molar-refractivity contribution is 7.89. The summed E-state index contributed by atoms with van der Waals surface area (Å²) in [6.45, 7) is 6.38. The van der Waals surface area contributed by atoms with E-state index in [9.17, 15) is 12.8 Å². The van der Waals surface area contributed by atoms with Gasteiger partial charge in [-0.2, -0.15) is 4.31 Å². The molecule has 0 saturated carbocycles.